The highest BCUT2D eigenvalue weighted by molar-refractivity contribution is 5.85. The Morgan fingerprint density at radius 1 is 1.36 bits per heavy atom. The second-order valence-corrected chi connectivity index (χ2v) is 5.40. The van der Waals surface area contributed by atoms with Gasteiger partial charge in [-0.1, -0.05) is 6.07 Å². The van der Waals surface area contributed by atoms with Crippen molar-refractivity contribution in [2.45, 2.75) is 38.3 Å². The van der Waals surface area contributed by atoms with Crippen LogP contribution >= 0.6 is 12.4 Å². The van der Waals surface area contributed by atoms with Crippen LogP contribution in [0.3, 0.4) is 0 Å². The van der Waals surface area contributed by atoms with E-state index in [2.05, 4.69) is 10.6 Å². The Bertz CT molecular complexity index is 490. The molecule has 0 radical (unpaired) electrons. The fraction of sp³-hybridized carbons (Fsp3) is 0.562. The second kappa shape index (κ2) is 8.86. The first-order valence-corrected chi connectivity index (χ1v) is 7.38. The third kappa shape index (κ3) is 4.78. The third-order valence-corrected chi connectivity index (χ3v) is 3.88. The van der Waals surface area contributed by atoms with Crippen LogP contribution in [0, 0.1) is 0 Å². The van der Waals surface area contributed by atoms with Crippen molar-refractivity contribution in [1.82, 2.24) is 10.6 Å². The van der Waals surface area contributed by atoms with Gasteiger partial charge >= 0.3 is 0 Å². The van der Waals surface area contributed by atoms with E-state index in [1.807, 2.05) is 25.1 Å². The number of nitrogens with one attached hydrogen (secondary N) is 2. The summed E-state index contributed by atoms with van der Waals surface area (Å²) >= 11 is 0. The highest BCUT2D eigenvalue weighted by atomic mass is 35.5. The molecule has 1 saturated heterocycles. The summed E-state index contributed by atoms with van der Waals surface area (Å²) in [6, 6.07) is 5.97. The molecule has 124 valence electrons. The Kier molecular flexibility index (Phi) is 7.48. The summed E-state index contributed by atoms with van der Waals surface area (Å²) < 4.78 is 10.5. The Balaban J connectivity index is 0.00000242. The molecule has 0 aromatic heterocycles. The SMILES string of the molecule is COc1ccc(C(C)NC(=O)CC2CCCN2)cc1OC.Cl. The smallest absolute Gasteiger partial charge is 0.222 e. The Morgan fingerprint density at radius 3 is 2.68 bits per heavy atom. The number of methoxy groups -OCH3 is 2. The van der Waals surface area contributed by atoms with Gasteiger partial charge in [0.2, 0.25) is 5.91 Å². The maximum absolute atomic E-state index is 12.1. The first-order valence-electron chi connectivity index (χ1n) is 7.38. The minimum absolute atomic E-state index is 0. The predicted molar refractivity (Wildman–Crippen MR) is 89.0 cm³/mol. The van der Waals surface area contributed by atoms with Gasteiger partial charge in [-0.05, 0) is 44.0 Å². The number of ether oxygens (including phenoxy) is 2. The molecular formula is C16H25ClN2O3. The molecule has 1 amide bonds. The standard InChI is InChI=1S/C16H24N2O3.ClH/c1-11(18-16(19)10-13-5-4-8-17-13)12-6-7-14(20-2)15(9-12)21-3;/h6-7,9,11,13,17H,4-5,8,10H2,1-3H3,(H,18,19);1H. The number of hydrogen-bond acceptors (Lipinski definition) is 4. The number of amides is 1. The summed E-state index contributed by atoms with van der Waals surface area (Å²) in [7, 11) is 3.22. The van der Waals surface area contributed by atoms with E-state index in [9.17, 15) is 4.79 Å². The van der Waals surface area contributed by atoms with Crippen molar-refractivity contribution < 1.29 is 14.3 Å². The molecule has 1 fully saturated rings. The Morgan fingerprint density at radius 2 is 2.09 bits per heavy atom. The van der Waals surface area contributed by atoms with Crippen LogP contribution in [0.2, 0.25) is 0 Å². The van der Waals surface area contributed by atoms with E-state index >= 15 is 0 Å². The van der Waals surface area contributed by atoms with E-state index in [-0.39, 0.29) is 24.4 Å². The van der Waals surface area contributed by atoms with Crippen LogP contribution in [0.5, 0.6) is 11.5 Å². The van der Waals surface area contributed by atoms with E-state index in [1.54, 1.807) is 14.2 Å². The average Bonchev–Trinajstić information content (AvgIpc) is 2.99. The van der Waals surface area contributed by atoms with Gasteiger partial charge in [0.05, 0.1) is 20.3 Å². The van der Waals surface area contributed by atoms with Gasteiger partial charge in [0.15, 0.2) is 11.5 Å². The molecule has 0 bridgehead atoms. The van der Waals surface area contributed by atoms with E-state index in [4.69, 9.17) is 9.47 Å². The molecule has 6 heteroatoms. The molecule has 2 rings (SSSR count). The summed E-state index contributed by atoms with van der Waals surface area (Å²) in [5.41, 5.74) is 1.00. The van der Waals surface area contributed by atoms with Crippen LogP contribution in [-0.2, 0) is 4.79 Å². The highest BCUT2D eigenvalue weighted by Gasteiger charge is 2.19. The zero-order chi connectivity index (χ0) is 15.2. The average molecular weight is 329 g/mol. The van der Waals surface area contributed by atoms with Gasteiger partial charge in [-0.3, -0.25) is 4.79 Å². The first-order chi connectivity index (χ1) is 10.1. The van der Waals surface area contributed by atoms with Crippen LogP contribution in [0.25, 0.3) is 0 Å². The largest absolute Gasteiger partial charge is 0.493 e. The molecule has 1 aliphatic rings. The Labute approximate surface area is 138 Å². The number of hydrogen-bond donors (Lipinski definition) is 2. The zero-order valence-electron chi connectivity index (χ0n) is 13.3. The molecule has 5 nitrogen and oxygen atoms in total. The second-order valence-electron chi connectivity index (χ2n) is 5.40. The monoisotopic (exact) mass is 328 g/mol. The predicted octanol–water partition coefficient (Wildman–Crippen LogP) is 2.44. The van der Waals surface area contributed by atoms with Gasteiger partial charge in [-0.2, -0.15) is 0 Å². The van der Waals surface area contributed by atoms with Crippen molar-refractivity contribution in [3.63, 3.8) is 0 Å². The summed E-state index contributed by atoms with van der Waals surface area (Å²) in [5, 5.41) is 6.37. The molecule has 0 aliphatic carbocycles. The van der Waals surface area contributed by atoms with Crippen molar-refractivity contribution in [2.75, 3.05) is 20.8 Å². The topological polar surface area (TPSA) is 59.6 Å². The molecule has 1 heterocycles. The zero-order valence-corrected chi connectivity index (χ0v) is 14.2. The lowest BCUT2D eigenvalue weighted by atomic mass is 10.1. The molecule has 1 aromatic rings. The Hall–Kier alpha value is -1.46. The molecule has 0 saturated carbocycles. The summed E-state index contributed by atoms with van der Waals surface area (Å²) in [5.74, 6) is 1.44. The number of rotatable bonds is 6. The van der Waals surface area contributed by atoms with E-state index < -0.39 is 0 Å². The van der Waals surface area contributed by atoms with Gasteiger partial charge in [-0.15, -0.1) is 12.4 Å². The summed E-state index contributed by atoms with van der Waals surface area (Å²) in [6.45, 7) is 2.99. The normalized spacial score (nSPS) is 18.2. The molecule has 2 atom stereocenters. The lowest BCUT2D eigenvalue weighted by molar-refractivity contribution is -0.122. The van der Waals surface area contributed by atoms with Crippen molar-refractivity contribution in [1.29, 1.82) is 0 Å². The number of carbonyl (C=O) groups excluding carboxylic acids is 1. The van der Waals surface area contributed by atoms with E-state index in [0.717, 1.165) is 24.9 Å². The number of halogens is 1. The van der Waals surface area contributed by atoms with Crippen molar-refractivity contribution >= 4 is 18.3 Å². The minimum Gasteiger partial charge on any atom is -0.493 e. The van der Waals surface area contributed by atoms with E-state index in [1.165, 1.54) is 0 Å². The van der Waals surface area contributed by atoms with Crippen LogP contribution in [0.15, 0.2) is 18.2 Å². The van der Waals surface area contributed by atoms with Crippen LogP contribution in [-0.4, -0.2) is 32.7 Å². The molecular weight excluding hydrogens is 304 g/mol. The molecule has 2 unspecified atom stereocenters. The molecule has 1 aromatic carbocycles. The fourth-order valence-corrected chi connectivity index (χ4v) is 2.66. The minimum atomic E-state index is -0.0568. The van der Waals surface area contributed by atoms with Crippen molar-refractivity contribution in [3.8, 4) is 11.5 Å². The van der Waals surface area contributed by atoms with Crippen molar-refractivity contribution in [2.24, 2.45) is 0 Å². The lowest BCUT2D eigenvalue weighted by Gasteiger charge is -2.18. The van der Waals surface area contributed by atoms with Gasteiger partial charge in [0.25, 0.3) is 0 Å². The number of carbonyl (C=O) groups is 1. The maximum Gasteiger partial charge on any atom is 0.222 e. The lowest BCUT2D eigenvalue weighted by Crippen LogP contribution is -2.33. The van der Waals surface area contributed by atoms with E-state index in [0.29, 0.717) is 24.0 Å². The van der Waals surface area contributed by atoms with Gasteiger partial charge in [0.1, 0.15) is 0 Å². The third-order valence-electron chi connectivity index (χ3n) is 3.88. The molecule has 0 spiro atoms. The van der Waals surface area contributed by atoms with Gasteiger partial charge < -0.3 is 20.1 Å². The molecule has 1 aliphatic heterocycles. The van der Waals surface area contributed by atoms with Crippen molar-refractivity contribution in [3.05, 3.63) is 23.8 Å². The fourth-order valence-electron chi connectivity index (χ4n) is 2.66. The summed E-state index contributed by atoms with van der Waals surface area (Å²) in [4.78, 5) is 12.1. The van der Waals surface area contributed by atoms with Gasteiger partial charge in [-0.25, -0.2) is 0 Å². The summed E-state index contributed by atoms with van der Waals surface area (Å²) in [6.07, 6.45) is 2.78. The number of benzene rings is 1. The van der Waals surface area contributed by atoms with Crippen LogP contribution < -0.4 is 20.1 Å². The first kappa shape index (κ1) is 18.6. The maximum atomic E-state index is 12.1. The van der Waals surface area contributed by atoms with Gasteiger partial charge in [0, 0.05) is 12.5 Å². The van der Waals surface area contributed by atoms with Crippen LogP contribution in [0.1, 0.15) is 37.8 Å². The molecule has 2 N–H and O–H groups in total. The molecule has 22 heavy (non-hydrogen) atoms. The van der Waals surface area contributed by atoms with Crippen LogP contribution in [0.4, 0.5) is 0 Å². The quantitative estimate of drug-likeness (QED) is 0.842. The highest BCUT2D eigenvalue weighted by Crippen LogP contribution is 2.29.